The smallest absolute Gasteiger partial charge is 0.411 e. The molecule has 1 aliphatic heterocycles. The van der Waals surface area contributed by atoms with Crippen molar-refractivity contribution in [2.45, 2.75) is 37.1 Å². The lowest BCUT2D eigenvalue weighted by molar-refractivity contribution is -0.268. The maximum atomic E-state index is 12.0. The Kier molecular flexibility index (Phi) is 9.13. The van der Waals surface area contributed by atoms with Gasteiger partial charge in [0.15, 0.2) is 6.29 Å². The van der Waals surface area contributed by atoms with Crippen LogP contribution in [0.2, 0.25) is 0 Å². The number of carbonyl (C=O) groups excluding carboxylic acids is 1. The van der Waals surface area contributed by atoms with Gasteiger partial charge in [0.1, 0.15) is 6.61 Å². The van der Waals surface area contributed by atoms with Crippen LogP contribution in [-0.4, -0.2) is 34.6 Å². The number of amides is 1. The maximum Gasteiger partial charge on any atom is 0.411 e. The summed E-state index contributed by atoms with van der Waals surface area (Å²) in [5, 5.41) is 13.1. The Morgan fingerprint density at radius 3 is 2.69 bits per heavy atom. The van der Waals surface area contributed by atoms with Gasteiger partial charge in [-0.2, -0.15) is 0 Å². The fraction of sp³-hybridized carbons (Fsp3) is 0.286. The number of hydrogen-bond acceptors (Lipinski definition) is 7. The van der Waals surface area contributed by atoms with Crippen molar-refractivity contribution < 1.29 is 24.1 Å². The molecule has 2 aromatic carbocycles. The summed E-state index contributed by atoms with van der Waals surface area (Å²) < 4.78 is 18.0. The van der Waals surface area contributed by atoms with Crippen LogP contribution in [0, 0.1) is 5.92 Å². The molecule has 7 nitrogen and oxygen atoms in total. The lowest BCUT2D eigenvalue weighted by Crippen LogP contribution is -2.38. The van der Waals surface area contributed by atoms with Crippen molar-refractivity contribution in [3.05, 3.63) is 102 Å². The molecule has 2 heterocycles. The molecule has 3 aromatic rings. The largest absolute Gasteiger partial charge is 0.445 e. The first kappa shape index (κ1) is 25.9. The first-order chi connectivity index (χ1) is 17.6. The fourth-order valence-corrected chi connectivity index (χ4v) is 4.99. The quantitative estimate of drug-likeness (QED) is 0.276. The first-order valence-corrected chi connectivity index (χ1v) is 12.7. The summed E-state index contributed by atoms with van der Waals surface area (Å²) in [6.07, 6.45) is 1.76. The lowest BCUT2D eigenvalue weighted by atomic mass is 9.91. The molecule has 0 saturated carbocycles. The van der Waals surface area contributed by atoms with Gasteiger partial charge in [-0.05, 0) is 35.4 Å². The molecule has 8 heteroatoms. The molecule has 188 valence electrons. The van der Waals surface area contributed by atoms with Crippen molar-refractivity contribution in [2.24, 2.45) is 5.92 Å². The number of aromatic nitrogens is 1. The molecule has 0 aliphatic carbocycles. The summed E-state index contributed by atoms with van der Waals surface area (Å²) in [4.78, 5) is 16.4. The molecule has 36 heavy (non-hydrogen) atoms. The fourth-order valence-electron chi connectivity index (χ4n) is 3.96. The Morgan fingerprint density at radius 1 is 1.14 bits per heavy atom. The summed E-state index contributed by atoms with van der Waals surface area (Å²) in [7, 11) is 0. The number of thioether (sulfide) groups is 1. The van der Waals surface area contributed by atoms with Crippen LogP contribution in [0.5, 0.6) is 0 Å². The van der Waals surface area contributed by atoms with Crippen LogP contribution in [0.15, 0.2) is 90.6 Å². The van der Waals surface area contributed by atoms with E-state index in [2.05, 4.69) is 23.8 Å². The highest BCUT2D eigenvalue weighted by Gasteiger charge is 2.38. The van der Waals surface area contributed by atoms with E-state index in [1.165, 1.54) is 6.08 Å². The zero-order chi connectivity index (χ0) is 25.3. The number of hydrogen-bond donors (Lipinski definition) is 2. The predicted molar refractivity (Wildman–Crippen MR) is 140 cm³/mol. The second-order valence-electron chi connectivity index (χ2n) is 8.44. The van der Waals surface area contributed by atoms with E-state index in [4.69, 9.17) is 14.2 Å². The number of aliphatic hydroxyl groups excluding tert-OH is 1. The normalized spacial score (nSPS) is 21.5. The van der Waals surface area contributed by atoms with Crippen LogP contribution in [-0.2, 0) is 20.8 Å². The zero-order valence-electron chi connectivity index (χ0n) is 20.1. The van der Waals surface area contributed by atoms with Crippen LogP contribution in [0.25, 0.3) is 0 Å². The van der Waals surface area contributed by atoms with E-state index in [1.54, 1.807) is 24.0 Å². The van der Waals surface area contributed by atoms with E-state index in [-0.39, 0.29) is 31.3 Å². The Morgan fingerprint density at radius 2 is 1.97 bits per heavy atom. The number of carbonyl (C=O) groups is 1. The van der Waals surface area contributed by atoms with Crippen molar-refractivity contribution in [3.8, 4) is 0 Å². The number of anilines is 1. The highest BCUT2D eigenvalue weighted by atomic mass is 32.2. The minimum Gasteiger partial charge on any atom is -0.445 e. The van der Waals surface area contributed by atoms with Crippen LogP contribution in [0.1, 0.15) is 36.0 Å². The molecule has 1 saturated heterocycles. The summed E-state index contributed by atoms with van der Waals surface area (Å²) >= 11 is 1.64. The second kappa shape index (κ2) is 12.7. The van der Waals surface area contributed by atoms with E-state index in [1.807, 2.05) is 60.7 Å². The van der Waals surface area contributed by atoms with Crippen molar-refractivity contribution in [3.63, 3.8) is 0 Å². The summed E-state index contributed by atoms with van der Waals surface area (Å²) in [5.41, 5.74) is 3.23. The highest BCUT2D eigenvalue weighted by molar-refractivity contribution is 7.99. The molecule has 1 aliphatic rings. The van der Waals surface area contributed by atoms with Crippen molar-refractivity contribution in [1.82, 2.24) is 4.98 Å². The maximum absolute atomic E-state index is 12.0. The van der Waals surface area contributed by atoms with Gasteiger partial charge in [-0.1, -0.05) is 62.0 Å². The Labute approximate surface area is 215 Å². The van der Waals surface area contributed by atoms with Gasteiger partial charge in [-0.15, -0.1) is 11.8 Å². The van der Waals surface area contributed by atoms with E-state index in [0.717, 1.165) is 21.7 Å². The van der Waals surface area contributed by atoms with Gasteiger partial charge in [0.25, 0.3) is 0 Å². The minimum absolute atomic E-state index is 0.00847. The summed E-state index contributed by atoms with van der Waals surface area (Å²) in [5.74, 6) is 0.766. The van der Waals surface area contributed by atoms with E-state index in [0.29, 0.717) is 11.4 Å². The topological polar surface area (TPSA) is 89.9 Å². The van der Waals surface area contributed by atoms with Crippen LogP contribution in [0.3, 0.4) is 0 Å². The average molecular weight is 507 g/mol. The molecule has 0 bridgehead atoms. The molecule has 4 atom stereocenters. The molecule has 4 rings (SSSR count). The number of nitrogens with zero attached hydrogens (tertiary/aromatic N) is 1. The SMILES string of the molecule is C=CCOC(=O)Nc1cccc([C@H]2O[C@@H](CSc3ccccn3)[C@@H](C)[C@@H](c3ccc(CO)cc3)O2)c1. The highest BCUT2D eigenvalue weighted by Crippen LogP contribution is 2.43. The third-order valence-electron chi connectivity index (χ3n) is 5.89. The zero-order valence-corrected chi connectivity index (χ0v) is 20.9. The van der Waals surface area contributed by atoms with Crippen molar-refractivity contribution >= 4 is 23.5 Å². The molecule has 1 amide bonds. The van der Waals surface area contributed by atoms with Crippen LogP contribution < -0.4 is 5.32 Å². The molecule has 0 radical (unpaired) electrons. The monoisotopic (exact) mass is 506 g/mol. The summed E-state index contributed by atoms with van der Waals surface area (Å²) in [6, 6.07) is 21.0. The Balaban J connectivity index is 1.56. The Hall–Kier alpha value is -3.17. The third kappa shape index (κ3) is 6.73. The standard InChI is InChI=1S/C28H30N2O5S/c1-3-15-33-28(32)30-23-8-6-7-22(16-23)27-34-24(18-36-25-9-4-5-14-29-25)19(2)26(35-27)21-12-10-20(17-31)11-13-21/h3-14,16,19,24,26-27,31H,1,15,17-18H2,2H3,(H,30,32)/t19-,24+,26+,27+/m1/s1. The van der Waals surface area contributed by atoms with Gasteiger partial charge < -0.3 is 19.3 Å². The predicted octanol–water partition coefficient (Wildman–Crippen LogP) is 5.89. The van der Waals surface area contributed by atoms with Crippen molar-refractivity contribution in [1.29, 1.82) is 0 Å². The number of pyridine rings is 1. The van der Waals surface area contributed by atoms with Crippen molar-refractivity contribution in [2.75, 3.05) is 17.7 Å². The van der Waals surface area contributed by atoms with Gasteiger partial charge >= 0.3 is 6.09 Å². The number of benzene rings is 2. The molecule has 0 unspecified atom stereocenters. The van der Waals surface area contributed by atoms with Gasteiger partial charge in [-0.3, -0.25) is 5.32 Å². The number of rotatable bonds is 9. The van der Waals surface area contributed by atoms with Gasteiger partial charge in [-0.25, -0.2) is 9.78 Å². The summed E-state index contributed by atoms with van der Waals surface area (Å²) in [6.45, 7) is 5.79. The van der Waals surface area contributed by atoms with Gasteiger partial charge in [0.2, 0.25) is 0 Å². The third-order valence-corrected chi connectivity index (χ3v) is 6.93. The molecular formula is C28H30N2O5S. The average Bonchev–Trinajstić information content (AvgIpc) is 2.92. The minimum atomic E-state index is -0.635. The lowest BCUT2D eigenvalue weighted by Gasteiger charge is -2.41. The number of aliphatic hydroxyl groups is 1. The number of nitrogens with one attached hydrogen (secondary N) is 1. The molecular weight excluding hydrogens is 476 g/mol. The number of ether oxygens (including phenoxy) is 3. The molecule has 1 aromatic heterocycles. The molecule has 0 spiro atoms. The Bertz CT molecular complexity index is 1140. The van der Waals surface area contributed by atoms with E-state index >= 15 is 0 Å². The first-order valence-electron chi connectivity index (χ1n) is 11.8. The van der Waals surface area contributed by atoms with Gasteiger partial charge in [0.05, 0.1) is 23.8 Å². The van der Waals surface area contributed by atoms with Crippen LogP contribution >= 0.6 is 11.8 Å². The molecule has 2 N–H and O–H groups in total. The van der Waals surface area contributed by atoms with Gasteiger partial charge in [0, 0.05) is 29.1 Å². The molecule has 1 fully saturated rings. The second-order valence-corrected chi connectivity index (χ2v) is 9.48. The van der Waals surface area contributed by atoms with E-state index in [9.17, 15) is 9.90 Å². The van der Waals surface area contributed by atoms with Crippen LogP contribution in [0.4, 0.5) is 10.5 Å². The van der Waals surface area contributed by atoms with E-state index < -0.39 is 12.4 Å².